The predicted molar refractivity (Wildman–Crippen MR) is 62.6 cm³/mol. The van der Waals surface area contributed by atoms with Crippen LogP contribution in [0.5, 0.6) is 0 Å². The Labute approximate surface area is 107 Å². The topological polar surface area (TPSA) is 80.9 Å². The normalized spacial score (nSPS) is 21.8. The van der Waals surface area contributed by atoms with E-state index in [-0.39, 0.29) is 5.92 Å². The standard InChI is InChI=1S/C11H9ClN4O2/c12-8-3-1-2-4-9(8)16-10(13-14-15-16)6-5-7(6)11(17)18/h1-4,6-7H,5H2,(H,17,18). The molecule has 1 heterocycles. The Bertz CT molecular complexity index is 613. The van der Waals surface area contributed by atoms with Crippen molar-refractivity contribution in [1.29, 1.82) is 0 Å². The fraction of sp³-hybridized carbons (Fsp3) is 0.273. The fourth-order valence-electron chi connectivity index (χ4n) is 1.97. The van der Waals surface area contributed by atoms with Crippen LogP contribution in [0.4, 0.5) is 0 Å². The maximum atomic E-state index is 10.9. The first-order valence-electron chi connectivity index (χ1n) is 5.44. The van der Waals surface area contributed by atoms with E-state index in [9.17, 15) is 4.79 Å². The van der Waals surface area contributed by atoms with Gasteiger partial charge < -0.3 is 5.11 Å². The van der Waals surface area contributed by atoms with Gasteiger partial charge in [0.2, 0.25) is 0 Å². The third-order valence-electron chi connectivity index (χ3n) is 3.01. The molecule has 6 nitrogen and oxygen atoms in total. The number of halogens is 1. The lowest BCUT2D eigenvalue weighted by Gasteiger charge is -2.05. The van der Waals surface area contributed by atoms with E-state index in [0.717, 1.165) is 0 Å². The molecule has 1 fully saturated rings. The third-order valence-corrected chi connectivity index (χ3v) is 3.33. The summed E-state index contributed by atoms with van der Waals surface area (Å²) >= 11 is 6.08. The van der Waals surface area contributed by atoms with E-state index in [1.54, 1.807) is 12.1 Å². The maximum absolute atomic E-state index is 10.9. The van der Waals surface area contributed by atoms with Gasteiger partial charge in [-0.1, -0.05) is 23.7 Å². The van der Waals surface area contributed by atoms with Crippen LogP contribution in [0, 0.1) is 5.92 Å². The largest absolute Gasteiger partial charge is 0.481 e. The van der Waals surface area contributed by atoms with Gasteiger partial charge in [-0.3, -0.25) is 4.79 Å². The second-order valence-electron chi connectivity index (χ2n) is 4.19. The highest BCUT2D eigenvalue weighted by molar-refractivity contribution is 6.32. The molecule has 3 rings (SSSR count). The van der Waals surface area contributed by atoms with E-state index in [4.69, 9.17) is 16.7 Å². The molecule has 1 saturated carbocycles. The molecule has 1 aliphatic carbocycles. The van der Waals surface area contributed by atoms with Crippen LogP contribution in [0.2, 0.25) is 5.02 Å². The molecule has 2 atom stereocenters. The van der Waals surface area contributed by atoms with Crippen LogP contribution in [0.25, 0.3) is 5.69 Å². The van der Waals surface area contributed by atoms with Crippen molar-refractivity contribution in [1.82, 2.24) is 20.2 Å². The van der Waals surface area contributed by atoms with Gasteiger partial charge in [0, 0.05) is 5.92 Å². The second-order valence-corrected chi connectivity index (χ2v) is 4.59. The molecule has 7 heteroatoms. The van der Waals surface area contributed by atoms with E-state index in [1.807, 2.05) is 12.1 Å². The monoisotopic (exact) mass is 264 g/mol. The van der Waals surface area contributed by atoms with Crippen LogP contribution in [-0.2, 0) is 4.79 Å². The first kappa shape index (κ1) is 11.2. The van der Waals surface area contributed by atoms with Gasteiger partial charge in [0.25, 0.3) is 0 Å². The SMILES string of the molecule is O=C(O)C1CC1c1nnnn1-c1ccccc1Cl. The summed E-state index contributed by atoms with van der Waals surface area (Å²) in [7, 11) is 0. The van der Waals surface area contributed by atoms with Crippen LogP contribution < -0.4 is 0 Å². The summed E-state index contributed by atoms with van der Waals surface area (Å²) < 4.78 is 1.51. The number of aliphatic carboxylic acids is 1. The van der Waals surface area contributed by atoms with E-state index in [2.05, 4.69) is 15.5 Å². The van der Waals surface area contributed by atoms with Gasteiger partial charge in [-0.15, -0.1) is 5.10 Å². The van der Waals surface area contributed by atoms with E-state index in [1.165, 1.54) is 4.68 Å². The molecular weight excluding hydrogens is 256 g/mol. The molecule has 0 radical (unpaired) electrons. The van der Waals surface area contributed by atoms with Crippen molar-refractivity contribution in [3.63, 3.8) is 0 Å². The number of hydrogen-bond acceptors (Lipinski definition) is 4. The number of hydrogen-bond donors (Lipinski definition) is 1. The Balaban J connectivity index is 1.99. The lowest BCUT2D eigenvalue weighted by atomic mass is 10.2. The van der Waals surface area contributed by atoms with E-state index >= 15 is 0 Å². The van der Waals surface area contributed by atoms with Crippen molar-refractivity contribution in [2.75, 3.05) is 0 Å². The molecule has 2 unspecified atom stereocenters. The Hall–Kier alpha value is -1.95. The quantitative estimate of drug-likeness (QED) is 0.909. The van der Waals surface area contributed by atoms with Crippen LogP contribution in [0.3, 0.4) is 0 Å². The number of carbonyl (C=O) groups is 1. The number of nitrogens with zero attached hydrogens (tertiary/aromatic N) is 4. The summed E-state index contributed by atoms with van der Waals surface area (Å²) in [6, 6.07) is 7.17. The summed E-state index contributed by atoms with van der Waals surface area (Å²) in [5.41, 5.74) is 0.662. The summed E-state index contributed by atoms with van der Waals surface area (Å²) in [6.07, 6.45) is 0.570. The first-order chi connectivity index (χ1) is 8.68. The van der Waals surface area contributed by atoms with E-state index < -0.39 is 11.9 Å². The van der Waals surface area contributed by atoms with Crippen LogP contribution in [0.1, 0.15) is 18.2 Å². The zero-order chi connectivity index (χ0) is 12.7. The first-order valence-corrected chi connectivity index (χ1v) is 5.82. The summed E-state index contributed by atoms with van der Waals surface area (Å²) in [5.74, 6) is -0.782. The van der Waals surface area contributed by atoms with Gasteiger partial charge in [0.1, 0.15) is 0 Å². The Morgan fingerprint density at radius 1 is 1.44 bits per heavy atom. The molecule has 1 aromatic heterocycles. The zero-order valence-electron chi connectivity index (χ0n) is 9.19. The van der Waals surface area contributed by atoms with Crippen molar-refractivity contribution >= 4 is 17.6 Å². The molecular formula is C11H9ClN4O2. The highest BCUT2D eigenvalue weighted by atomic mass is 35.5. The van der Waals surface area contributed by atoms with Gasteiger partial charge in [-0.05, 0) is 29.0 Å². The van der Waals surface area contributed by atoms with Gasteiger partial charge in [-0.2, -0.15) is 4.68 Å². The fourth-order valence-corrected chi connectivity index (χ4v) is 2.19. The molecule has 1 aliphatic rings. The minimum Gasteiger partial charge on any atom is -0.481 e. The molecule has 0 bridgehead atoms. The van der Waals surface area contributed by atoms with Gasteiger partial charge >= 0.3 is 5.97 Å². The lowest BCUT2D eigenvalue weighted by Crippen LogP contribution is -2.06. The predicted octanol–water partition coefficient (Wildman–Crippen LogP) is 1.50. The van der Waals surface area contributed by atoms with Crippen molar-refractivity contribution in [2.45, 2.75) is 12.3 Å². The highest BCUT2D eigenvalue weighted by Gasteiger charge is 2.47. The average molecular weight is 265 g/mol. The Morgan fingerprint density at radius 2 is 2.22 bits per heavy atom. The highest BCUT2D eigenvalue weighted by Crippen LogP contribution is 2.47. The van der Waals surface area contributed by atoms with Gasteiger partial charge in [-0.25, -0.2) is 0 Å². The Morgan fingerprint density at radius 3 is 2.89 bits per heavy atom. The second kappa shape index (κ2) is 4.06. The average Bonchev–Trinajstić information content (AvgIpc) is 3.01. The van der Waals surface area contributed by atoms with Crippen LogP contribution in [-0.4, -0.2) is 31.3 Å². The van der Waals surface area contributed by atoms with Crippen molar-refractivity contribution in [3.05, 3.63) is 35.1 Å². The minimum atomic E-state index is -0.811. The van der Waals surface area contributed by atoms with Crippen molar-refractivity contribution < 1.29 is 9.90 Å². The lowest BCUT2D eigenvalue weighted by molar-refractivity contribution is -0.138. The molecule has 1 N–H and O–H groups in total. The smallest absolute Gasteiger partial charge is 0.307 e. The maximum Gasteiger partial charge on any atom is 0.307 e. The molecule has 0 saturated heterocycles. The molecule has 92 valence electrons. The van der Waals surface area contributed by atoms with Crippen molar-refractivity contribution in [2.24, 2.45) is 5.92 Å². The molecule has 0 amide bonds. The number of rotatable bonds is 3. The number of para-hydroxylation sites is 1. The third kappa shape index (κ3) is 1.74. The zero-order valence-corrected chi connectivity index (χ0v) is 9.95. The van der Waals surface area contributed by atoms with Gasteiger partial charge in [0.05, 0.1) is 16.6 Å². The number of aromatic nitrogens is 4. The summed E-state index contributed by atoms with van der Waals surface area (Å²) in [5, 5.41) is 20.9. The van der Waals surface area contributed by atoms with Crippen LogP contribution in [0.15, 0.2) is 24.3 Å². The number of carboxylic acids is 1. The van der Waals surface area contributed by atoms with Gasteiger partial charge in [0.15, 0.2) is 5.82 Å². The number of tetrazole rings is 1. The molecule has 0 aliphatic heterocycles. The van der Waals surface area contributed by atoms with Crippen LogP contribution >= 0.6 is 11.6 Å². The summed E-state index contributed by atoms with van der Waals surface area (Å²) in [4.78, 5) is 10.9. The minimum absolute atomic E-state index is 0.131. The van der Waals surface area contributed by atoms with E-state index in [0.29, 0.717) is 23.0 Å². The molecule has 2 aromatic rings. The van der Waals surface area contributed by atoms with Crippen molar-refractivity contribution in [3.8, 4) is 5.69 Å². The number of carboxylic acid groups (broad SMARTS) is 1. The molecule has 1 aromatic carbocycles. The molecule has 18 heavy (non-hydrogen) atoms. The summed E-state index contributed by atoms with van der Waals surface area (Å²) in [6.45, 7) is 0. The molecule has 0 spiro atoms. The Kier molecular flexibility index (Phi) is 2.52. The number of benzene rings is 1.